The van der Waals surface area contributed by atoms with Crippen molar-refractivity contribution in [2.24, 2.45) is 4.99 Å². The SMILES string of the molecule is CN=C(NCCCNC(=O)OC(C)(C)C)NCCc1ccccn1. The van der Waals surface area contributed by atoms with E-state index in [2.05, 4.69) is 25.9 Å². The van der Waals surface area contributed by atoms with Gasteiger partial charge in [0, 0.05) is 45.0 Å². The molecule has 0 aliphatic heterocycles. The lowest BCUT2D eigenvalue weighted by Crippen LogP contribution is -2.40. The molecule has 0 fully saturated rings. The average molecular weight is 335 g/mol. The lowest BCUT2D eigenvalue weighted by atomic mass is 10.2. The maximum absolute atomic E-state index is 11.5. The van der Waals surface area contributed by atoms with Gasteiger partial charge in [0.1, 0.15) is 5.60 Å². The minimum atomic E-state index is -0.470. The average Bonchev–Trinajstić information content (AvgIpc) is 2.52. The Labute approximate surface area is 144 Å². The normalized spacial score (nSPS) is 11.8. The van der Waals surface area contributed by atoms with Crippen molar-refractivity contribution >= 4 is 12.1 Å². The van der Waals surface area contributed by atoms with Gasteiger partial charge in [-0.15, -0.1) is 0 Å². The summed E-state index contributed by atoms with van der Waals surface area (Å²) in [6, 6.07) is 5.88. The fraction of sp³-hybridized carbons (Fsp3) is 0.588. The van der Waals surface area contributed by atoms with Gasteiger partial charge in [0.05, 0.1) is 0 Å². The highest BCUT2D eigenvalue weighted by Crippen LogP contribution is 2.06. The summed E-state index contributed by atoms with van der Waals surface area (Å²) in [5.74, 6) is 0.739. The van der Waals surface area contributed by atoms with E-state index in [0.29, 0.717) is 13.1 Å². The van der Waals surface area contributed by atoms with Gasteiger partial charge in [0.15, 0.2) is 5.96 Å². The van der Waals surface area contributed by atoms with Gasteiger partial charge in [-0.1, -0.05) is 6.07 Å². The molecule has 0 aromatic carbocycles. The Kier molecular flexibility index (Phi) is 8.60. The third-order valence-corrected chi connectivity index (χ3v) is 2.94. The Bertz CT molecular complexity index is 511. The van der Waals surface area contributed by atoms with Crippen molar-refractivity contribution < 1.29 is 9.53 Å². The predicted molar refractivity (Wildman–Crippen MR) is 96.2 cm³/mol. The van der Waals surface area contributed by atoms with Crippen LogP contribution < -0.4 is 16.0 Å². The van der Waals surface area contributed by atoms with Gasteiger partial charge >= 0.3 is 6.09 Å². The summed E-state index contributed by atoms with van der Waals surface area (Å²) in [7, 11) is 1.73. The summed E-state index contributed by atoms with van der Waals surface area (Å²) in [4.78, 5) is 19.9. The summed E-state index contributed by atoms with van der Waals surface area (Å²) in [6.45, 7) is 7.54. The molecule has 1 heterocycles. The summed E-state index contributed by atoms with van der Waals surface area (Å²) < 4.78 is 5.17. The number of aliphatic imine (C=N–C) groups is 1. The molecule has 0 unspecified atom stereocenters. The van der Waals surface area contributed by atoms with Crippen molar-refractivity contribution in [2.75, 3.05) is 26.7 Å². The lowest BCUT2D eigenvalue weighted by Gasteiger charge is -2.19. The Balaban J connectivity index is 2.11. The smallest absolute Gasteiger partial charge is 0.407 e. The number of guanidine groups is 1. The molecule has 0 saturated heterocycles. The first-order valence-electron chi connectivity index (χ1n) is 8.22. The molecule has 7 nitrogen and oxygen atoms in total. The Morgan fingerprint density at radius 3 is 2.50 bits per heavy atom. The molecule has 1 rings (SSSR count). The predicted octanol–water partition coefficient (Wildman–Crippen LogP) is 1.70. The number of rotatable bonds is 7. The fourth-order valence-electron chi connectivity index (χ4n) is 1.88. The van der Waals surface area contributed by atoms with Gasteiger partial charge in [-0.25, -0.2) is 4.79 Å². The molecule has 3 N–H and O–H groups in total. The zero-order valence-electron chi connectivity index (χ0n) is 15.1. The maximum Gasteiger partial charge on any atom is 0.407 e. The van der Waals surface area contributed by atoms with Crippen LogP contribution >= 0.6 is 0 Å². The van der Waals surface area contributed by atoms with Crippen molar-refractivity contribution in [3.63, 3.8) is 0 Å². The van der Waals surface area contributed by atoms with E-state index in [0.717, 1.165) is 31.0 Å². The van der Waals surface area contributed by atoms with Crippen molar-refractivity contribution in [2.45, 2.75) is 39.2 Å². The summed E-state index contributed by atoms with van der Waals surface area (Å²) in [6.07, 6.45) is 3.02. The zero-order valence-corrected chi connectivity index (χ0v) is 15.1. The van der Waals surface area contributed by atoms with Crippen LogP contribution in [0.2, 0.25) is 0 Å². The van der Waals surface area contributed by atoms with Crippen molar-refractivity contribution in [1.82, 2.24) is 20.9 Å². The second kappa shape index (κ2) is 10.5. The van der Waals surface area contributed by atoms with E-state index >= 15 is 0 Å². The number of hydrogen-bond donors (Lipinski definition) is 3. The first-order chi connectivity index (χ1) is 11.4. The van der Waals surface area contributed by atoms with E-state index in [1.54, 1.807) is 13.2 Å². The van der Waals surface area contributed by atoms with Crippen LogP contribution in [0.15, 0.2) is 29.4 Å². The maximum atomic E-state index is 11.5. The highest BCUT2D eigenvalue weighted by Gasteiger charge is 2.15. The molecule has 0 aliphatic rings. The number of ether oxygens (including phenoxy) is 1. The molecular formula is C17H29N5O2. The van der Waals surface area contributed by atoms with Crippen LogP contribution in [0.3, 0.4) is 0 Å². The second-order valence-electron chi connectivity index (χ2n) is 6.28. The Morgan fingerprint density at radius 1 is 1.17 bits per heavy atom. The van der Waals surface area contributed by atoms with E-state index in [-0.39, 0.29) is 6.09 Å². The van der Waals surface area contributed by atoms with E-state index in [1.807, 2.05) is 39.0 Å². The summed E-state index contributed by atoms with van der Waals surface area (Å²) >= 11 is 0. The molecule has 0 atom stereocenters. The summed E-state index contributed by atoms with van der Waals surface area (Å²) in [5, 5.41) is 9.17. The number of pyridine rings is 1. The number of hydrogen-bond acceptors (Lipinski definition) is 4. The van der Waals surface area contributed by atoms with E-state index in [9.17, 15) is 4.79 Å². The molecule has 134 valence electrons. The number of nitrogens with zero attached hydrogens (tertiary/aromatic N) is 2. The third-order valence-electron chi connectivity index (χ3n) is 2.94. The van der Waals surface area contributed by atoms with Crippen LogP contribution in [0, 0.1) is 0 Å². The van der Waals surface area contributed by atoms with Gasteiger partial charge in [0.25, 0.3) is 0 Å². The first kappa shape index (κ1) is 19.7. The standard InChI is InChI=1S/C17H29N5O2/c1-17(2,3)24-16(23)22-12-7-11-20-15(18-4)21-13-9-14-8-5-6-10-19-14/h5-6,8,10H,7,9,11-13H2,1-4H3,(H,22,23)(H2,18,20,21). The van der Waals surface area contributed by atoms with Crippen LogP contribution in [0.5, 0.6) is 0 Å². The Morgan fingerprint density at radius 2 is 1.88 bits per heavy atom. The number of carbonyl (C=O) groups excluding carboxylic acids is 1. The van der Waals surface area contributed by atoms with Gasteiger partial charge in [-0.3, -0.25) is 9.98 Å². The second-order valence-corrected chi connectivity index (χ2v) is 6.28. The van der Waals surface area contributed by atoms with E-state index in [1.165, 1.54) is 0 Å². The Hall–Kier alpha value is -2.31. The number of alkyl carbamates (subject to hydrolysis) is 1. The van der Waals surface area contributed by atoms with Crippen LogP contribution in [0.4, 0.5) is 4.79 Å². The molecule has 24 heavy (non-hydrogen) atoms. The molecule has 0 saturated carbocycles. The molecule has 0 spiro atoms. The van der Waals surface area contributed by atoms with E-state index < -0.39 is 5.60 Å². The lowest BCUT2D eigenvalue weighted by molar-refractivity contribution is 0.0527. The molecule has 1 amide bonds. The number of amides is 1. The van der Waals surface area contributed by atoms with Crippen molar-refractivity contribution in [3.8, 4) is 0 Å². The fourth-order valence-corrected chi connectivity index (χ4v) is 1.88. The molecule has 0 radical (unpaired) electrons. The number of nitrogens with one attached hydrogen (secondary N) is 3. The number of carbonyl (C=O) groups is 1. The van der Waals surface area contributed by atoms with Crippen molar-refractivity contribution in [1.29, 1.82) is 0 Å². The van der Waals surface area contributed by atoms with Crippen LogP contribution in [-0.4, -0.2) is 49.3 Å². The molecule has 0 bridgehead atoms. The highest BCUT2D eigenvalue weighted by atomic mass is 16.6. The quantitative estimate of drug-likeness (QED) is 0.401. The molecular weight excluding hydrogens is 306 g/mol. The monoisotopic (exact) mass is 335 g/mol. The minimum absolute atomic E-state index is 0.389. The molecule has 7 heteroatoms. The van der Waals surface area contributed by atoms with E-state index in [4.69, 9.17) is 4.74 Å². The first-order valence-corrected chi connectivity index (χ1v) is 8.22. The summed E-state index contributed by atoms with van der Waals surface area (Å²) in [5.41, 5.74) is 0.573. The van der Waals surface area contributed by atoms with Gasteiger partial charge in [-0.2, -0.15) is 0 Å². The number of aromatic nitrogens is 1. The van der Waals surface area contributed by atoms with Gasteiger partial charge < -0.3 is 20.7 Å². The third kappa shape index (κ3) is 9.66. The van der Waals surface area contributed by atoms with Crippen LogP contribution in [0.1, 0.15) is 32.9 Å². The topological polar surface area (TPSA) is 87.6 Å². The zero-order chi connectivity index (χ0) is 17.8. The highest BCUT2D eigenvalue weighted by molar-refractivity contribution is 5.79. The van der Waals surface area contributed by atoms with Gasteiger partial charge in [0.2, 0.25) is 0 Å². The molecule has 1 aromatic heterocycles. The minimum Gasteiger partial charge on any atom is -0.444 e. The van der Waals surface area contributed by atoms with Crippen LogP contribution in [0.25, 0.3) is 0 Å². The molecule has 1 aromatic rings. The van der Waals surface area contributed by atoms with Crippen LogP contribution in [-0.2, 0) is 11.2 Å². The van der Waals surface area contributed by atoms with Crippen molar-refractivity contribution in [3.05, 3.63) is 30.1 Å². The largest absolute Gasteiger partial charge is 0.444 e. The molecule has 0 aliphatic carbocycles. The van der Waals surface area contributed by atoms with Gasteiger partial charge in [-0.05, 0) is 39.3 Å².